The van der Waals surface area contributed by atoms with Crippen LogP contribution in [0.5, 0.6) is 0 Å². The number of hydrogen-bond donors (Lipinski definition) is 1. The molecular formula is C30H23N. The van der Waals surface area contributed by atoms with Gasteiger partial charge in [-0.3, -0.25) is 0 Å². The molecule has 1 atom stereocenters. The van der Waals surface area contributed by atoms with Crippen LogP contribution in [0, 0.1) is 12.3 Å². The van der Waals surface area contributed by atoms with Gasteiger partial charge < -0.3 is 5.73 Å². The summed E-state index contributed by atoms with van der Waals surface area (Å²) in [4.78, 5) is 0. The molecule has 1 heteroatoms. The molecule has 0 amide bonds. The van der Waals surface area contributed by atoms with Gasteiger partial charge in [0.15, 0.2) is 0 Å². The highest BCUT2D eigenvalue weighted by atomic mass is 14.5. The number of benzene rings is 5. The maximum atomic E-state index is 5.97. The van der Waals surface area contributed by atoms with Crippen LogP contribution in [0.15, 0.2) is 97.1 Å². The molecule has 0 fully saturated rings. The summed E-state index contributed by atoms with van der Waals surface area (Å²) < 4.78 is 0. The predicted octanol–water partition coefficient (Wildman–Crippen LogP) is 7.65. The third kappa shape index (κ3) is 3.23. The van der Waals surface area contributed by atoms with Gasteiger partial charge in [0.05, 0.1) is 0 Å². The van der Waals surface area contributed by atoms with Gasteiger partial charge in [0.1, 0.15) is 0 Å². The molecule has 0 heterocycles. The van der Waals surface area contributed by atoms with Crippen LogP contribution in [0.4, 0.5) is 5.69 Å². The van der Waals surface area contributed by atoms with Crippen molar-refractivity contribution in [3.8, 4) is 34.6 Å². The lowest BCUT2D eigenvalue weighted by Crippen LogP contribution is -1.93. The standard InChI is InChI=1S/C30H23N/c1-3-20(2)22-9-8-10-23(19-22)30-27-13-6-4-11-25(27)29(21-15-17-24(31)18-16-21)26-12-5-7-14-28(26)30/h1,4-20H,31H2,2H3. The van der Waals surface area contributed by atoms with Gasteiger partial charge in [0, 0.05) is 11.6 Å². The van der Waals surface area contributed by atoms with Crippen LogP contribution >= 0.6 is 0 Å². The maximum absolute atomic E-state index is 5.97. The summed E-state index contributed by atoms with van der Waals surface area (Å²) in [5, 5.41) is 4.94. The average Bonchev–Trinajstić information content (AvgIpc) is 2.82. The number of hydrogen-bond acceptors (Lipinski definition) is 1. The minimum absolute atomic E-state index is 0.0755. The molecule has 31 heavy (non-hydrogen) atoms. The van der Waals surface area contributed by atoms with Crippen LogP contribution in [0.1, 0.15) is 18.4 Å². The van der Waals surface area contributed by atoms with Crippen molar-refractivity contribution in [1.29, 1.82) is 0 Å². The molecule has 0 aliphatic heterocycles. The quantitative estimate of drug-likeness (QED) is 0.189. The number of terminal acetylenes is 1. The average molecular weight is 398 g/mol. The third-order valence-corrected chi connectivity index (χ3v) is 6.06. The fraction of sp³-hybridized carbons (Fsp3) is 0.0667. The summed E-state index contributed by atoms with van der Waals surface area (Å²) in [5.41, 5.74) is 12.7. The van der Waals surface area contributed by atoms with Gasteiger partial charge >= 0.3 is 0 Å². The molecule has 5 aromatic rings. The van der Waals surface area contributed by atoms with Crippen molar-refractivity contribution in [3.63, 3.8) is 0 Å². The Labute approximate surface area is 183 Å². The largest absolute Gasteiger partial charge is 0.399 e. The zero-order chi connectivity index (χ0) is 21.4. The first kappa shape index (κ1) is 19.0. The molecule has 5 rings (SSSR count). The van der Waals surface area contributed by atoms with E-state index < -0.39 is 0 Å². The van der Waals surface area contributed by atoms with Crippen molar-refractivity contribution in [3.05, 3.63) is 103 Å². The van der Waals surface area contributed by atoms with Gasteiger partial charge in [-0.15, -0.1) is 6.42 Å². The Hall–Kier alpha value is -4.02. The molecule has 5 aromatic carbocycles. The zero-order valence-corrected chi connectivity index (χ0v) is 17.5. The second kappa shape index (κ2) is 7.67. The predicted molar refractivity (Wildman–Crippen MR) is 134 cm³/mol. The number of rotatable bonds is 3. The zero-order valence-electron chi connectivity index (χ0n) is 17.5. The fourth-order valence-electron chi connectivity index (χ4n) is 4.46. The van der Waals surface area contributed by atoms with E-state index in [1.54, 1.807) is 0 Å². The Bertz CT molecular complexity index is 1400. The Morgan fingerprint density at radius 3 is 1.68 bits per heavy atom. The van der Waals surface area contributed by atoms with Crippen LogP contribution in [0.25, 0.3) is 43.8 Å². The highest BCUT2D eigenvalue weighted by molar-refractivity contribution is 6.21. The molecule has 1 unspecified atom stereocenters. The lowest BCUT2D eigenvalue weighted by Gasteiger charge is -2.18. The summed E-state index contributed by atoms with van der Waals surface area (Å²) in [5.74, 6) is 2.93. The van der Waals surface area contributed by atoms with Gasteiger partial charge in [-0.25, -0.2) is 0 Å². The van der Waals surface area contributed by atoms with Crippen molar-refractivity contribution in [2.24, 2.45) is 0 Å². The molecule has 0 bridgehead atoms. The summed E-state index contributed by atoms with van der Waals surface area (Å²) in [7, 11) is 0. The van der Waals surface area contributed by atoms with Crippen molar-refractivity contribution >= 4 is 27.2 Å². The normalized spacial score (nSPS) is 12.0. The minimum Gasteiger partial charge on any atom is -0.399 e. The molecule has 0 aliphatic carbocycles. The topological polar surface area (TPSA) is 26.0 Å². The molecule has 2 N–H and O–H groups in total. The summed E-state index contributed by atoms with van der Waals surface area (Å²) in [6, 6.07) is 34.1. The van der Waals surface area contributed by atoms with Crippen LogP contribution < -0.4 is 5.73 Å². The van der Waals surface area contributed by atoms with Crippen molar-refractivity contribution in [2.45, 2.75) is 12.8 Å². The lowest BCUT2D eigenvalue weighted by atomic mass is 9.85. The fourth-order valence-corrected chi connectivity index (χ4v) is 4.46. The number of fused-ring (bicyclic) bond motifs is 2. The van der Waals surface area contributed by atoms with Crippen LogP contribution in [-0.2, 0) is 0 Å². The molecule has 0 saturated heterocycles. The monoisotopic (exact) mass is 397 g/mol. The maximum Gasteiger partial charge on any atom is 0.0421 e. The molecule has 148 valence electrons. The molecule has 0 aromatic heterocycles. The Balaban J connectivity index is 1.91. The molecule has 0 saturated carbocycles. The summed E-state index contributed by atoms with van der Waals surface area (Å²) in [6.45, 7) is 2.07. The van der Waals surface area contributed by atoms with Crippen molar-refractivity contribution in [2.75, 3.05) is 5.73 Å². The molecule has 0 aliphatic rings. The van der Waals surface area contributed by atoms with E-state index in [9.17, 15) is 0 Å². The number of nitrogen functional groups attached to an aromatic ring is 1. The number of nitrogens with two attached hydrogens (primary N) is 1. The van der Waals surface area contributed by atoms with E-state index >= 15 is 0 Å². The van der Waals surface area contributed by atoms with Gasteiger partial charge in [-0.1, -0.05) is 84.8 Å². The first-order valence-electron chi connectivity index (χ1n) is 10.5. The van der Waals surface area contributed by atoms with E-state index in [4.69, 9.17) is 12.2 Å². The van der Waals surface area contributed by atoms with E-state index in [2.05, 4.69) is 97.8 Å². The second-order valence-electron chi connectivity index (χ2n) is 7.98. The molecular weight excluding hydrogens is 374 g/mol. The van der Waals surface area contributed by atoms with E-state index in [0.29, 0.717) is 0 Å². The van der Waals surface area contributed by atoms with E-state index in [-0.39, 0.29) is 5.92 Å². The second-order valence-corrected chi connectivity index (χ2v) is 7.98. The highest BCUT2D eigenvalue weighted by Crippen LogP contribution is 2.43. The van der Waals surface area contributed by atoms with Gasteiger partial charge in [-0.2, -0.15) is 0 Å². The van der Waals surface area contributed by atoms with E-state index in [1.165, 1.54) is 43.8 Å². The Kier molecular flexibility index (Phi) is 4.69. The lowest BCUT2D eigenvalue weighted by molar-refractivity contribution is 1.01. The Morgan fingerprint density at radius 2 is 1.16 bits per heavy atom. The first-order valence-corrected chi connectivity index (χ1v) is 10.5. The van der Waals surface area contributed by atoms with Crippen LogP contribution in [0.2, 0.25) is 0 Å². The molecule has 0 radical (unpaired) electrons. The third-order valence-electron chi connectivity index (χ3n) is 6.06. The van der Waals surface area contributed by atoms with Gasteiger partial charge in [0.25, 0.3) is 0 Å². The van der Waals surface area contributed by atoms with Crippen molar-refractivity contribution in [1.82, 2.24) is 0 Å². The SMILES string of the molecule is C#CC(C)c1cccc(-c2c3ccccc3c(-c3ccc(N)cc3)c3ccccc23)c1. The summed E-state index contributed by atoms with van der Waals surface area (Å²) >= 11 is 0. The van der Waals surface area contributed by atoms with Crippen LogP contribution in [0.3, 0.4) is 0 Å². The minimum atomic E-state index is 0.0755. The van der Waals surface area contributed by atoms with Crippen LogP contribution in [-0.4, -0.2) is 0 Å². The van der Waals surface area contributed by atoms with Gasteiger partial charge in [-0.05, 0) is 74.5 Å². The summed E-state index contributed by atoms with van der Waals surface area (Å²) in [6.07, 6.45) is 5.71. The van der Waals surface area contributed by atoms with Crippen molar-refractivity contribution < 1.29 is 0 Å². The number of anilines is 1. The Morgan fingerprint density at radius 1 is 0.645 bits per heavy atom. The molecule has 1 nitrogen and oxygen atoms in total. The highest BCUT2D eigenvalue weighted by Gasteiger charge is 2.16. The smallest absolute Gasteiger partial charge is 0.0421 e. The van der Waals surface area contributed by atoms with E-state index in [1.807, 2.05) is 12.1 Å². The molecule has 0 spiro atoms. The van der Waals surface area contributed by atoms with E-state index in [0.717, 1.165) is 11.3 Å². The van der Waals surface area contributed by atoms with Gasteiger partial charge in [0.2, 0.25) is 0 Å². The first-order chi connectivity index (χ1) is 15.2.